The molecule has 9 heteroatoms. The van der Waals surface area contributed by atoms with Crippen LogP contribution in [-0.4, -0.2) is 78.0 Å². The van der Waals surface area contributed by atoms with Gasteiger partial charge >= 0.3 is 21.7 Å². The molecule has 0 heterocycles. The van der Waals surface area contributed by atoms with Crippen molar-refractivity contribution in [2.45, 2.75) is 411 Å². The van der Waals surface area contributed by atoms with E-state index in [0.717, 1.165) is 0 Å². The van der Waals surface area contributed by atoms with Gasteiger partial charge in [-0.05, 0) is 83.1 Å². The molecule has 0 aromatic carbocycles. The molecule has 4 nitrogen and oxygen atoms in total. The van der Waals surface area contributed by atoms with Crippen LogP contribution in [0.4, 0.5) is 0 Å². The van der Waals surface area contributed by atoms with Crippen LogP contribution in [0.25, 0.3) is 21.3 Å². The molecule has 504 valence electrons. The molecule has 0 aromatic heterocycles. The molecule has 4 atom stereocenters. The van der Waals surface area contributed by atoms with Gasteiger partial charge in [0, 0.05) is 35.2 Å². The van der Waals surface area contributed by atoms with Crippen molar-refractivity contribution in [3.8, 4) is 0 Å². The fourth-order valence-electron chi connectivity index (χ4n) is 17.6. The summed E-state index contributed by atoms with van der Waals surface area (Å²) in [4.78, 5) is 0. The Kier molecular flexibility index (Phi) is 32.3. The largest absolute Gasteiger partial charge is 4.00 e. The monoisotopic (exact) mass is 1320 g/mol. The number of allylic oxidation sites excluding steroid dienone is 8. The SMILES string of the molecule is CC1=CC(C)([N-]C2([SiH](C)C)CCCCCCCC2)C(C)=C1C.CC1=CC(C)([N-]C2([SiH](C)C)CCCCCCCC2)C(C)=C1C.CC1=CC(C)([N-]C2([SiH](C)C)CCCCCCCC2)C(C)=C1C.CC1=CC(C)([N-]C2([SiH](C)C)CCCCCCCC2)C(C)=C1C.[Ti+4]. The van der Waals surface area contributed by atoms with Crippen LogP contribution in [0, 0.1) is 0 Å². The van der Waals surface area contributed by atoms with Gasteiger partial charge in [-0.25, -0.2) is 0 Å². The van der Waals surface area contributed by atoms with Crippen molar-refractivity contribution in [2.75, 3.05) is 0 Å². The molecule has 4 unspecified atom stereocenters. The smallest absolute Gasteiger partial charge is 0.647 e. The molecule has 0 amide bonds. The summed E-state index contributed by atoms with van der Waals surface area (Å²) >= 11 is 0. The predicted octanol–water partition coefficient (Wildman–Crippen LogP) is 25.3. The van der Waals surface area contributed by atoms with Crippen LogP contribution in [0.15, 0.2) is 91.2 Å². The zero-order valence-corrected chi connectivity index (χ0v) is 69.7. The minimum absolute atomic E-state index is 0. The van der Waals surface area contributed by atoms with Crippen molar-refractivity contribution >= 4 is 35.2 Å². The fraction of sp³-hybridized carbons (Fsp3) is 0.800. The molecular weight excluding hydrogens is 1180 g/mol. The third-order valence-electron chi connectivity index (χ3n) is 25.6. The van der Waals surface area contributed by atoms with Crippen molar-refractivity contribution in [1.29, 1.82) is 0 Å². The van der Waals surface area contributed by atoms with E-state index in [9.17, 15) is 0 Å². The van der Waals surface area contributed by atoms with Crippen molar-refractivity contribution in [2.24, 2.45) is 0 Å². The van der Waals surface area contributed by atoms with E-state index < -0.39 is 35.2 Å². The average molecular weight is 1320 g/mol. The third-order valence-corrected chi connectivity index (χ3v) is 37.1. The predicted molar refractivity (Wildman–Crippen MR) is 410 cm³/mol. The summed E-state index contributed by atoms with van der Waals surface area (Å²) in [7, 11) is -3.37. The maximum Gasteiger partial charge on any atom is 4.00 e. The van der Waals surface area contributed by atoms with Crippen LogP contribution in [-0.2, 0) is 21.7 Å². The van der Waals surface area contributed by atoms with Gasteiger partial charge in [-0.1, -0.05) is 399 Å². The van der Waals surface area contributed by atoms with Gasteiger partial charge in [0.1, 0.15) is 0 Å². The van der Waals surface area contributed by atoms with Gasteiger partial charge in [0.05, 0.1) is 0 Å². The molecule has 8 aliphatic carbocycles. The van der Waals surface area contributed by atoms with Crippen LogP contribution >= 0.6 is 0 Å². The molecule has 8 aliphatic rings. The number of rotatable bonds is 12. The third kappa shape index (κ3) is 20.7. The Balaban J connectivity index is 0.000000253. The first-order valence-corrected chi connectivity index (χ1v) is 49.2. The summed E-state index contributed by atoms with van der Waals surface area (Å²) in [6.07, 6.45) is 54.3. The quantitative estimate of drug-likeness (QED) is 0.175. The van der Waals surface area contributed by atoms with E-state index in [4.69, 9.17) is 21.3 Å². The van der Waals surface area contributed by atoms with Crippen molar-refractivity contribution < 1.29 is 21.7 Å². The van der Waals surface area contributed by atoms with Crippen LogP contribution in [0.3, 0.4) is 0 Å². The first kappa shape index (κ1) is 80.8. The standard InChI is InChI=1S/4C20H36NSi.Ti/c4*1-16-15-19(4,18(3)17(16)2)21-20(22(5)6)13-11-9-7-8-10-12-14-20;/h4*15,22H,7-14H2,1-6H3;/q4*-1;+4. The zero-order chi connectivity index (χ0) is 65.5. The number of hydrogen-bond donors (Lipinski definition) is 0. The molecule has 4 saturated carbocycles. The molecule has 89 heavy (non-hydrogen) atoms. The molecule has 0 N–H and O–H groups in total. The normalized spacial score (nSPS) is 29.7. The minimum Gasteiger partial charge on any atom is -0.647 e. The van der Waals surface area contributed by atoms with Gasteiger partial charge in [0.25, 0.3) is 0 Å². The maximum absolute atomic E-state index is 5.65. The second-order valence-electron chi connectivity index (χ2n) is 32.9. The van der Waals surface area contributed by atoms with E-state index in [1.54, 1.807) is 0 Å². The van der Waals surface area contributed by atoms with Gasteiger partial charge in [-0.15, -0.1) is 20.6 Å². The molecule has 4 fully saturated rings. The van der Waals surface area contributed by atoms with Crippen molar-refractivity contribution in [3.05, 3.63) is 112 Å². The first-order chi connectivity index (χ1) is 41.2. The first-order valence-electron chi connectivity index (χ1n) is 37.7. The molecule has 8 rings (SSSR count). The molecule has 0 aliphatic heterocycles. The summed E-state index contributed by atoms with van der Waals surface area (Å²) in [5.41, 5.74) is 17.4. The van der Waals surface area contributed by atoms with Crippen LogP contribution in [0.2, 0.25) is 52.4 Å². The van der Waals surface area contributed by atoms with E-state index in [-0.39, 0.29) is 43.9 Å². The van der Waals surface area contributed by atoms with E-state index in [0.29, 0.717) is 20.6 Å². The number of hydrogen-bond acceptors (Lipinski definition) is 0. The Labute approximate surface area is 576 Å². The van der Waals surface area contributed by atoms with Crippen molar-refractivity contribution in [3.63, 3.8) is 0 Å². The molecule has 0 bridgehead atoms. The van der Waals surface area contributed by atoms with E-state index in [2.05, 4.69) is 187 Å². The molecular formula is C80H144N4Si4Ti. The maximum atomic E-state index is 5.65. The van der Waals surface area contributed by atoms with Crippen LogP contribution in [0.1, 0.15) is 316 Å². The summed E-state index contributed by atoms with van der Waals surface area (Å²) in [6.45, 7) is 56.9. The van der Waals surface area contributed by atoms with E-state index >= 15 is 0 Å². The summed E-state index contributed by atoms with van der Waals surface area (Å²) in [6, 6.07) is 0. The van der Waals surface area contributed by atoms with Gasteiger partial charge in [0.15, 0.2) is 0 Å². The number of nitrogens with zero attached hydrogens (tertiary/aromatic N) is 4. The van der Waals surface area contributed by atoms with Gasteiger partial charge in [0.2, 0.25) is 0 Å². The van der Waals surface area contributed by atoms with Gasteiger partial charge in [-0.3, -0.25) is 0 Å². The Morgan fingerprint density at radius 3 is 0.461 bits per heavy atom. The van der Waals surface area contributed by atoms with Crippen LogP contribution in [0.5, 0.6) is 0 Å². The van der Waals surface area contributed by atoms with Gasteiger partial charge < -0.3 is 21.3 Å². The summed E-state index contributed by atoms with van der Waals surface area (Å²) in [5, 5.41) is 23.8. The topological polar surface area (TPSA) is 56.4 Å². The second kappa shape index (κ2) is 35.5. The molecule has 0 aromatic rings. The Morgan fingerprint density at radius 1 is 0.236 bits per heavy atom. The molecule has 0 radical (unpaired) electrons. The molecule has 0 saturated heterocycles. The van der Waals surface area contributed by atoms with E-state index in [1.165, 1.54) is 272 Å². The van der Waals surface area contributed by atoms with Crippen molar-refractivity contribution in [1.82, 2.24) is 0 Å². The Morgan fingerprint density at radius 2 is 0.360 bits per heavy atom. The minimum atomic E-state index is -0.843. The van der Waals surface area contributed by atoms with Crippen LogP contribution < -0.4 is 0 Å². The Hall–Kier alpha value is -0.658. The Bertz CT molecular complexity index is 2150. The van der Waals surface area contributed by atoms with Gasteiger partial charge in [-0.2, -0.15) is 0 Å². The molecule has 0 spiro atoms. The summed E-state index contributed by atoms with van der Waals surface area (Å²) < 4.78 is 0. The fourth-order valence-corrected chi connectivity index (χ4v) is 26.0. The van der Waals surface area contributed by atoms with E-state index in [1.807, 2.05) is 0 Å². The zero-order valence-electron chi connectivity index (χ0n) is 63.5. The second-order valence-corrected chi connectivity index (χ2v) is 46.4. The average Bonchev–Trinajstić information content (AvgIpc) is 1.89. The summed E-state index contributed by atoms with van der Waals surface area (Å²) in [5.74, 6) is 0.